The number of morpholine rings is 1. The Bertz CT molecular complexity index is 434. The number of nitrogens with two attached hydrogens (primary N) is 1. The third kappa shape index (κ3) is 3.87. The lowest BCUT2D eigenvalue weighted by molar-refractivity contribution is 0.0342. The highest BCUT2D eigenvalue weighted by Crippen LogP contribution is 2.04. The number of nitrogens with one attached hydrogen (secondary N) is 1. The van der Waals surface area contributed by atoms with Crippen LogP contribution in [0.4, 0.5) is 5.82 Å². The maximum Gasteiger partial charge on any atom is 0.273 e. The number of carbonyl (C=O) groups is 1. The Morgan fingerprint density at radius 2 is 2.16 bits per heavy atom. The minimum Gasteiger partial charge on any atom is -0.382 e. The molecule has 19 heavy (non-hydrogen) atoms. The second kappa shape index (κ2) is 6.44. The van der Waals surface area contributed by atoms with E-state index in [2.05, 4.69) is 20.2 Å². The third-order valence-electron chi connectivity index (χ3n) is 2.95. The number of aromatic nitrogens is 2. The highest BCUT2D eigenvalue weighted by Gasteiger charge is 2.18. The first-order valence-corrected chi connectivity index (χ1v) is 6.34. The smallest absolute Gasteiger partial charge is 0.273 e. The van der Waals surface area contributed by atoms with E-state index in [0.717, 1.165) is 32.8 Å². The summed E-state index contributed by atoms with van der Waals surface area (Å²) in [6.07, 6.45) is 2.92. The lowest BCUT2D eigenvalue weighted by Crippen LogP contribution is -2.46. The van der Waals surface area contributed by atoms with Crippen LogP contribution in [-0.4, -0.2) is 59.7 Å². The molecule has 1 aromatic rings. The molecule has 1 amide bonds. The fourth-order valence-electron chi connectivity index (χ4n) is 2.03. The van der Waals surface area contributed by atoms with Gasteiger partial charge in [-0.1, -0.05) is 0 Å². The van der Waals surface area contributed by atoms with Crippen molar-refractivity contribution in [3.05, 3.63) is 18.1 Å². The molecule has 104 valence electrons. The summed E-state index contributed by atoms with van der Waals surface area (Å²) in [5, 5.41) is 2.88. The first kappa shape index (κ1) is 13.7. The summed E-state index contributed by atoms with van der Waals surface area (Å²) >= 11 is 0. The molecule has 1 fully saturated rings. The van der Waals surface area contributed by atoms with Gasteiger partial charge in [0.15, 0.2) is 11.5 Å². The summed E-state index contributed by atoms with van der Waals surface area (Å²) < 4.78 is 5.28. The Balaban J connectivity index is 1.86. The topological polar surface area (TPSA) is 93.4 Å². The van der Waals surface area contributed by atoms with Crippen molar-refractivity contribution in [3.8, 4) is 0 Å². The van der Waals surface area contributed by atoms with E-state index in [1.54, 1.807) is 0 Å². The third-order valence-corrected chi connectivity index (χ3v) is 2.95. The van der Waals surface area contributed by atoms with Gasteiger partial charge in [0.05, 0.1) is 13.2 Å². The van der Waals surface area contributed by atoms with Crippen molar-refractivity contribution in [2.75, 3.05) is 38.6 Å². The predicted molar refractivity (Wildman–Crippen MR) is 70.6 cm³/mol. The van der Waals surface area contributed by atoms with Gasteiger partial charge in [-0.15, -0.1) is 0 Å². The summed E-state index contributed by atoms with van der Waals surface area (Å²) in [6.45, 7) is 6.03. The van der Waals surface area contributed by atoms with Crippen LogP contribution in [0.25, 0.3) is 0 Å². The molecule has 1 saturated heterocycles. The van der Waals surface area contributed by atoms with E-state index in [9.17, 15) is 4.79 Å². The van der Waals surface area contributed by atoms with Gasteiger partial charge in [-0.3, -0.25) is 9.69 Å². The van der Waals surface area contributed by atoms with Gasteiger partial charge >= 0.3 is 0 Å². The molecule has 2 rings (SSSR count). The first-order chi connectivity index (χ1) is 9.16. The number of hydrogen-bond donors (Lipinski definition) is 2. The maximum absolute atomic E-state index is 12.0. The van der Waals surface area contributed by atoms with Crippen LogP contribution < -0.4 is 11.1 Å². The van der Waals surface area contributed by atoms with Gasteiger partial charge < -0.3 is 15.8 Å². The molecule has 0 spiro atoms. The number of nitrogen functional groups attached to an aromatic ring is 1. The molecule has 3 N–H and O–H groups in total. The molecule has 2 heterocycles. The van der Waals surface area contributed by atoms with Crippen LogP contribution in [-0.2, 0) is 4.74 Å². The summed E-state index contributed by atoms with van der Waals surface area (Å²) in [6, 6.07) is 0.0204. The highest BCUT2D eigenvalue weighted by molar-refractivity contribution is 5.96. The number of anilines is 1. The van der Waals surface area contributed by atoms with Gasteiger partial charge in [-0.25, -0.2) is 9.97 Å². The van der Waals surface area contributed by atoms with Gasteiger partial charge in [0, 0.05) is 38.1 Å². The highest BCUT2D eigenvalue weighted by atomic mass is 16.5. The van der Waals surface area contributed by atoms with Crippen molar-refractivity contribution in [2.45, 2.75) is 13.0 Å². The Kier molecular flexibility index (Phi) is 4.64. The maximum atomic E-state index is 12.0. The lowest BCUT2D eigenvalue weighted by Gasteiger charge is -2.29. The van der Waals surface area contributed by atoms with Crippen molar-refractivity contribution in [2.24, 2.45) is 0 Å². The molecule has 1 aliphatic heterocycles. The average molecular weight is 265 g/mol. The standard InChI is InChI=1S/C12H19N5O2/c1-9(8-17-4-6-19-7-5-17)16-12(18)10-11(13)15-3-2-14-10/h2-3,9H,4-8H2,1H3,(H2,13,15)(H,16,18). The van der Waals surface area contributed by atoms with Crippen molar-refractivity contribution in [1.82, 2.24) is 20.2 Å². The van der Waals surface area contributed by atoms with E-state index in [1.807, 2.05) is 6.92 Å². The molecule has 1 unspecified atom stereocenters. The zero-order chi connectivity index (χ0) is 13.7. The van der Waals surface area contributed by atoms with Crippen LogP contribution >= 0.6 is 0 Å². The minimum atomic E-state index is -0.286. The van der Waals surface area contributed by atoms with E-state index >= 15 is 0 Å². The second-order valence-electron chi connectivity index (χ2n) is 4.58. The molecule has 1 aromatic heterocycles. The molecule has 1 atom stereocenters. The summed E-state index contributed by atoms with van der Waals surface area (Å²) in [5.74, 6) is -0.134. The Labute approximate surface area is 112 Å². The molecule has 0 radical (unpaired) electrons. The average Bonchev–Trinajstić information content (AvgIpc) is 2.40. The first-order valence-electron chi connectivity index (χ1n) is 6.34. The van der Waals surface area contributed by atoms with E-state index in [0.29, 0.717) is 0 Å². The van der Waals surface area contributed by atoms with Crippen molar-refractivity contribution >= 4 is 11.7 Å². The van der Waals surface area contributed by atoms with Gasteiger partial charge in [-0.2, -0.15) is 0 Å². The SMILES string of the molecule is CC(CN1CCOCC1)NC(=O)c1nccnc1N. The number of hydrogen-bond acceptors (Lipinski definition) is 6. The van der Waals surface area contributed by atoms with Crippen LogP contribution in [0.2, 0.25) is 0 Å². The minimum absolute atomic E-state index is 0.0204. The van der Waals surface area contributed by atoms with Gasteiger partial charge in [0.2, 0.25) is 0 Å². The van der Waals surface area contributed by atoms with Crippen molar-refractivity contribution in [1.29, 1.82) is 0 Å². The number of nitrogens with zero attached hydrogens (tertiary/aromatic N) is 3. The summed E-state index contributed by atoms with van der Waals surface area (Å²) in [5.41, 5.74) is 5.80. The zero-order valence-corrected chi connectivity index (χ0v) is 11.0. The van der Waals surface area contributed by atoms with Crippen LogP contribution in [0.3, 0.4) is 0 Å². The van der Waals surface area contributed by atoms with Gasteiger partial charge in [0.25, 0.3) is 5.91 Å². The molecular formula is C12H19N5O2. The lowest BCUT2D eigenvalue weighted by atomic mass is 10.2. The fourth-order valence-corrected chi connectivity index (χ4v) is 2.03. The number of carbonyl (C=O) groups excluding carboxylic acids is 1. The molecular weight excluding hydrogens is 246 g/mol. The monoisotopic (exact) mass is 265 g/mol. The van der Waals surface area contributed by atoms with Crippen LogP contribution in [0, 0.1) is 0 Å². The Morgan fingerprint density at radius 3 is 2.84 bits per heavy atom. The molecule has 7 heteroatoms. The van der Waals surface area contributed by atoms with Gasteiger partial charge in [-0.05, 0) is 6.92 Å². The number of ether oxygens (including phenoxy) is 1. The van der Waals surface area contributed by atoms with Crippen molar-refractivity contribution in [3.63, 3.8) is 0 Å². The Hall–Kier alpha value is -1.73. The largest absolute Gasteiger partial charge is 0.382 e. The fraction of sp³-hybridized carbons (Fsp3) is 0.583. The quantitative estimate of drug-likeness (QED) is 0.763. The van der Waals surface area contributed by atoms with Crippen LogP contribution in [0.15, 0.2) is 12.4 Å². The predicted octanol–water partition coefficient (Wildman–Crippen LogP) is -0.491. The van der Waals surface area contributed by atoms with Crippen molar-refractivity contribution < 1.29 is 9.53 Å². The van der Waals surface area contributed by atoms with E-state index in [4.69, 9.17) is 10.5 Å². The molecule has 7 nitrogen and oxygen atoms in total. The number of amides is 1. The van der Waals surface area contributed by atoms with E-state index < -0.39 is 0 Å². The van der Waals surface area contributed by atoms with Crippen LogP contribution in [0.5, 0.6) is 0 Å². The molecule has 1 aliphatic rings. The van der Waals surface area contributed by atoms with Gasteiger partial charge in [0.1, 0.15) is 0 Å². The van der Waals surface area contributed by atoms with E-state index in [-0.39, 0.29) is 23.5 Å². The number of rotatable bonds is 4. The Morgan fingerprint density at radius 1 is 1.47 bits per heavy atom. The molecule has 0 aliphatic carbocycles. The normalized spacial score (nSPS) is 17.9. The van der Waals surface area contributed by atoms with E-state index in [1.165, 1.54) is 12.4 Å². The second-order valence-corrected chi connectivity index (χ2v) is 4.58. The molecule has 0 saturated carbocycles. The molecule has 0 bridgehead atoms. The summed E-state index contributed by atoms with van der Waals surface area (Å²) in [4.78, 5) is 22.0. The van der Waals surface area contributed by atoms with Crippen LogP contribution in [0.1, 0.15) is 17.4 Å². The summed E-state index contributed by atoms with van der Waals surface area (Å²) in [7, 11) is 0. The zero-order valence-electron chi connectivity index (χ0n) is 11.0. The molecule has 0 aromatic carbocycles.